The van der Waals surface area contributed by atoms with E-state index in [4.69, 9.17) is 16.3 Å². The number of halogens is 1. The summed E-state index contributed by atoms with van der Waals surface area (Å²) in [7, 11) is 3.47. The summed E-state index contributed by atoms with van der Waals surface area (Å²) in [5.74, 6) is 0.747. The van der Waals surface area contributed by atoms with Gasteiger partial charge in [-0.05, 0) is 18.6 Å². The van der Waals surface area contributed by atoms with Crippen molar-refractivity contribution in [3.63, 3.8) is 0 Å². The first-order valence-electron chi connectivity index (χ1n) is 8.10. The summed E-state index contributed by atoms with van der Waals surface area (Å²) in [6.45, 7) is 2.79. The van der Waals surface area contributed by atoms with Crippen LogP contribution in [0, 0.1) is 0 Å². The van der Waals surface area contributed by atoms with E-state index < -0.39 is 0 Å². The first kappa shape index (κ1) is 18.4. The summed E-state index contributed by atoms with van der Waals surface area (Å²) in [5.41, 5.74) is 0. The van der Waals surface area contributed by atoms with E-state index >= 15 is 0 Å². The van der Waals surface area contributed by atoms with E-state index in [0.717, 1.165) is 0 Å². The summed E-state index contributed by atoms with van der Waals surface area (Å²) in [5, 5.41) is 0.575. The molecule has 1 aromatic rings. The Morgan fingerprint density at radius 1 is 1.12 bits per heavy atom. The van der Waals surface area contributed by atoms with Crippen LogP contribution in [0.2, 0.25) is 5.02 Å². The number of urea groups is 1. The molecule has 7 heteroatoms. The predicted octanol–water partition coefficient (Wildman–Crippen LogP) is 2.32. The molecule has 1 fully saturated rings. The second-order valence-electron chi connectivity index (χ2n) is 5.93. The molecule has 1 heterocycles. The summed E-state index contributed by atoms with van der Waals surface area (Å²) in [6.07, 6.45) is 1.08. The Balaban J connectivity index is 1.67. The standard InChI is InChI=1S/C17H24ClN3O3/c1-19(2)17(23)21-11-9-20(10-12-21)16(22)8-5-13-24-15-7-4-3-6-14(15)18/h3-4,6-7H,5,8-13H2,1-2H3. The van der Waals surface area contributed by atoms with Gasteiger partial charge in [0.05, 0.1) is 11.6 Å². The molecule has 0 radical (unpaired) electrons. The number of para-hydroxylation sites is 1. The Labute approximate surface area is 147 Å². The van der Waals surface area contributed by atoms with E-state index in [9.17, 15) is 9.59 Å². The van der Waals surface area contributed by atoms with Crippen molar-refractivity contribution in [2.24, 2.45) is 0 Å². The summed E-state index contributed by atoms with van der Waals surface area (Å²) in [6, 6.07) is 7.29. The van der Waals surface area contributed by atoms with Crippen LogP contribution in [0.1, 0.15) is 12.8 Å². The normalized spacial score (nSPS) is 14.5. The average molecular weight is 354 g/mol. The number of carbonyl (C=O) groups excluding carboxylic acids is 2. The molecule has 0 aromatic heterocycles. The molecular weight excluding hydrogens is 330 g/mol. The first-order chi connectivity index (χ1) is 11.5. The number of benzene rings is 1. The lowest BCUT2D eigenvalue weighted by atomic mass is 10.2. The molecule has 0 atom stereocenters. The van der Waals surface area contributed by atoms with Crippen molar-refractivity contribution in [2.45, 2.75) is 12.8 Å². The van der Waals surface area contributed by atoms with E-state index in [1.165, 1.54) is 0 Å². The number of carbonyl (C=O) groups is 2. The second kappa shape index (κ2) is 8.78. The van der Waals surface area contributed by atoms with Crippen LogP contribution in [0.15, 0.2) is 24.3 Å². The number of ether oxygens (including phenoxy) is 1. The van der Waals surface area contributed by atoms with Gasteiger partial charge in [0, 0.05) is 46.7 Å². The molecule has 0 bridgehead atoms. The van der Waals surface area contributed by atoms with Gasteiger partial charge < -0.3 is 19.4 Å². The van der Waals surface area contributed by atoms with Gasteiger partial charge in [0.15, 0.2) is 0 Å². The van der Waals surface area contributed by atoms with Crippen molar-refractivity contribution in [3.05, 3.63) is 29.3 Å². The van der Waals surface area contributed by atoms with Crippen LogP contribution in [0.5, 0.6) is 5.75 Å². The van der Waals surface area contributed by atoms with Gasteiger partial charge >= 0.3 is 6.03 Å². The molecule has 0 spiro atoms. The molecule has 1 aromatic carbocycles. The Hall–Kier alpha value is -1.95. The highest BCUT2D eigenvalue weighted by molar-refractivity contribution is 6.32. The third-order valence-corrected chi connectivity index (χ3v) is 4.23. The van der Waals surface area contributed by atoms with Crippen LogP contribution in [-0.4, -0.2) is 73.5 Å². The highest BCUT2D eigenvalue weighted by Gasteiger charge is 2.24. The van der Waals surface area contributed by atoms with Crippen molar-refractivity contribution < 1.29 is 14.3 Å². The zero-order valence-electron chi connectivity index (χ0n) is 14.2. The zero-order chi connectivity index (χ0) is 17.5. The van der Waals surface area contributed by atoms with E-state index in [-0.39, 0.29) is 11.9 Å². The fourth-order valence-electron chi connectivity index (χ4n) is 2.56. The molecule has 2 rings (SSSR count). The highest BCUT2D eigenvalue weighted by Crippen LogP contribution is 2.23. The topological polar surface area (TPSA) is 53.1 Å². The SMILES string of the molecule is CN(C)C(=O)N1CCN(C(=O)CCCOc2ccccc2Cl)CC1. The predicted molar refractivity (Wildman–Crippen MR) is 93.4 cm³/mol. The molecule has 1 aliphatic rings. The van der Waals surface area contributed by atoms with Crippen molar-refractivity contribution in [2.75, 3.05) is 46.9 Å². The van der Waals surface area contributed by atoms with E-state index in [0.29, 0.717) is 56.4 Å². The monoisotopic (exact) mass is 353 g/mol. The Morgan fingerprint density at radius 2 is 1.75 bits per heavy atom. The summed E-state index contributed by atoms with van der Waals surface area (Å²) in [4.78, 5) is 29.2. The third-order valence-electron chi connectivity index (χ3n) is 3.91. The lowest BCUT2D eigenvalue weighted by Crippen LogP contribution is -2.52. The van der Waals surface area contributed by atoms with E-state index in [1.807, 2.05) is 23.1 Å². The zero-order valence-corrected chi connectivity index (χ0v) is 15.0. The van der Waals surface area contributed by atoms with Gasteiger partial charge in [0.25, 0.3) is 0 Å². The lowest BCUT2D eigenvalue weighted by molar-refractivity contribution is -0.132. The second-order valence-corrected chi connectivity index (χ2v) is 6.33. The molecule has 3 amide bonds. The molecule has 1 saturated heterocycles. The maximum absolute atomic E-state index is 12.2. The van der Waals surface area contributed by atoms with Gasteiger partial charge in [0.1, 0.15) is 5.75 Å². The van der Waals surface area contributed by atoms with Gasteiger partial charge in [-0.25, -0.2) is 4.79 Å². The molecule has 0 unspecified atom stereocenters. The molecule has 132 valence electrons. The van der Waals surface area contributed by atoms with Gasteiger partial charge in [-0.2, -0.15) is 0 Å². The fraction of sp³-hybridized carbons (Fsp3) is 0.529. The van der Waals surface area contributed by atoms with Crippen LogP contribution >= 0.6 is 11.6 Å². The molecule has 0 N–H and O–H groups in total. The van der Waals surface area contributed by atoms with Crippen molar-refractivity contribution in [1.82, 2.24) is 14.7 Å². The molecular formula is C17H24ClN3O3. The Kier molecular flexibility index (Phi) is 6.73. The smallest absolute Gasteiger partial charge is 0.319 e. The minimum atomic E-state index is -0.00441. The third kappa shape index (κ3) is 5.03. The van der Waals surface area contributed by atoms with E-state index in [2.05, 4.69) is 0 Å². The molecule has 24 heavy (non-hydrogen) atoms. The quantitative estimate of drug-likeness (QED) is 0.763. The van der Waals surface area contributed by atoms with Crippen LogP contribution in [-0.2, 0) is 4.79 Å². The molecule has 1 aliphatic heterocycles. The molecule has 6 nitrogen and oxygen atoms in total. The summed E-state index contributed by atoms with van der Waals surface area (Å²) < 4.78 is 5.59. The van der Waals surface area contributed by atoms with Crippen LogP contribution in [0.4, 0.5) is 4.79 Å². The van der Waals surface area contributed by atoms with Crippen LogP contribution < -0.4 is 4.74 Å². The maximum Gasteiger partial charge on any atom is 0.319 e. The highest BCUT2D eigenvalue weighted by atomic mass is 35.5. The lowest BCUT2D eigenvalue weighted by Gasteiger charge is -2.36. The molecule has 0 saturated carbocycles. The van der Waals surface area contributed by atoms with Gasteiger partial charge in [-0.15, -0.1) is 0 Å². The number of nitrogens with zero attached hydrogens (tertiary/aromatic N) is 3. The van der Waals surface area contributed by atoms with Crippen molar-refractivity contribution in [3.8, 4) is 5.75 Å². The number of rotatable bonds is 5. The summed E-state index contributed by atoms with van der Waals surface area (Å²) >= 11 is 6.01. The van der Waals surface area contributed by atoms with Crippen molar-refractivity contribution in [1.29, 1.82) is 0 Å². The fourth-order valence-corrected chi connectivity index (χ4v) is 2.75. The van der Waals surface area contributed by atoms with Crippen molar-refractivity contribution >= 4 is 23.5 Å². The van der Waals surface area contributed by atoms with Crippen LogP contribution in [0.25, 0.3) is 0 Å². The number of piperazine rings is 1. The van der Waals surface area contributed by atoms with Gasteiger partial charge in [-0.1, -0.05) is 23.7 Å². The number of hydrogen-bond donors (Lipinski definition) is 0. The Bertz CT molecular complexity index is 572. The Morgan fingerprint density at radius 3 is 2.38 bits per heavy atom. The van der Waals surface area contributed by atoms with E-state index in [1.54, 1.807) is 30.0 Å². The largest absolute Gasteiger partial charge is 0.492 e. The maximum atomic E-state index is 12.2. The van der Waals surface area contributed by atoms with Gasteiger partial charge in [-0.3, -0.25) is 4.79 Å². The minimum Gasteiger partial charge on any atom is -0.492 e. The minimum absolute atomic E-state index is 0.00441. The van der Waals surface area contributed by atoms with Gasteiger partial charge in [0.2, 0.25) is 5.91 Å². The first-order valence-corrected chi connectivity index (χ1v) is 8.48. The average Bonchev–Trinajstić information content (AvgIpc) is 2.59. The molecule has 0 aliphatic carbocycles. The number of amides is 3. The van der Waals surface area contributed by atoms with Crippen LogP contribution in [0.3, 0.4) is 0 Å². The number of hydrogen-bond acceptors (Lipinski definition) is 3.